The molecule has 1 rings (SSSR count). The van der Waals surface area contributed by atoms with Gasteiger partial charge in [-0.2, -0.15) is 0 Å². The number of rotatable bonds is 3. The van der Waals surface area contributed by atoms with E-state index >= 15 is 0 Å². The molecule has 1 atom stereocenters. The summed E-state index contributed by atoms with van der Waals surface area (Å²) in [6.07, 6.45) is 0. The van der Waals surface area contributed by atoms with Gasteiger partial charge >= 0.3 is 12.0 Å². The van der Waals surface area contributed by atoms with Crippen LogP contribution in [-0.2, 0) is 9.53 Å². The summed E-state index contributed by atoms with van der Waals surface area (Å²) in [4.78, 5) is 26.7. The zero-order valence-electron chi connectivity index (χ0n) is 10.7. The molecule has 0 aromatic rings. The number of hydrogen-bond donors (Lipinski definition) is 1. The standard InChI is InChI=1S/C11H21N3O3/c1-4-12-11(16)14-7-5-13(6-8-14)9(2)10(15)17-3/h9H,4-8H2,1-3H3,(H,12,16). The largest absolute Gasteiger partial charge is 0.468 e. The van der Waals surface area contributed by atoms with E-state index in [0.29, 0.717) is 32.7 Å². The quantitative estimate of drug-likeness (QED) is 0.703. The fraction of sp³-hybridized carbons (Fsp3) is 0.818. The zero-order chi connectivity index (χ0) is 12.8. The molecule has 17 heavy (non-hydrogen) atoms. The molecule has 1 saturated heterocycles. The van der Waals surface area contributed by atoms with Crippen LogP contribution in [0.15, 0.2) is 0 Å². The van der Waals surface area contributed by atoms with E-state index in [4.69, 9.17) is 4.74 Å². The van der Waals surface area contributed by atoms with Crippen molar-refractivity contribution in [3.05, 3.63) is 0 Å². The lowest BCUT2D eigenvalue weighted by molar-refractivity contribution is -0.146. The number of methoxy groups -OCH3 is 1. The molecule has 1 fully saturated rings. The first-order valence-electron chi connectivity index (χ1n) is 5.94. The molecule has 1 N–H and O–H groups in total. The van der Waals surface area contributed by atoms with Gasteiger partial charge in [0.1, 0.15) is 6.04 Å². The van der Waals surface area contributed by atoms with Crippen LogP contribution < -0.4 is 5.32 Å². The van der Waals surface area contributed by atoms with Crippen molar-refractivity contribution in [2.45, 2.75) is 19.9 Å². The smallest absolute Gasteiger partial charge is 0.322 e. The molecule has 1 unspecified atom stereocenters. The molecule has 6 heteroatoms. The summed E-state index contributed by atoms with van der Waals surface area (Å²) in [5.74, 6) is -0.226. The number of ether oxygens (including phenoxy) is 1. The lowest BCUT2D eigenvalue weighted by atomic mass is 10.2. The Morgan fingerprint density at radius 3 is 2.35 bits per heavy atom. The number of esters is 1. The zero-order valence-corrected chi connectivity index (χ0v) is 10.7. The van der Waals surface area contributed by atoms with Crippen LogP contribution in [0.2, 0.25) is 0 Å². The second kappa shape index (κ2) is 6.44. The maximum absolute atomic E-state index is 11.6. The van der Waals surface area contributed by atoms with Crippen LogP contribution in [0.4, 0.5) is 4.79 Å². The first-order valence-corrected chi connectivity index (χ1v) is 5.94. The van der Waals surface area contributed by atoms with Crippen molar-refractivity contribution in [3.63, 3.8) is 0 Å². The normalized spacial score (nSPS) is 18.6. The van der Waals surface area contributed by atoms with Gasteiger partial charge in [-0.3, -0.25) is 9.69 Å². The van der Waals surface area contributed by atoms with E-state index < -0.39 is 0 Å². The Kier molecular flexibility index (Phi) is 5.21. The van der Waals surface area contributed by atoms with E-state index in [2.05, 4.69) is 5.32 Å². The summed E-state index contributed by atoms with van der Waals surface area (Å²) in [5, 5.41) is 2.77. The first kappa shape index (κ1) is 13.8. The minimum absolute atomic E-state index is 0.0297. The molecular weight excluding hydrogens is 222 g/mol. The molecule has 0 saturated carbocycles. The fourth-order valence-corrected chi connectivity index (χ4v) is 1.89. The SMILES string of the molecule is CCNC(=O)N1CCN(C(C)C(=O)OC)CC1. The van der Waals surface area contributed by atoms with Gasteiger partial charge in [-0.15, -0.1) is 0 Å². The average molecular weight is 243 g/mol. The molecule has 2 amide bonds. The summed E-state index contributed by atoms with van der Waals surface area (Å²) < 4.78 is 4.70. The maximum Gasteiger partial charge on any atom is 0.322 e. The lowest BCUT2D eigenvalue weighted by Gasteiger charge is -2.36. The van der Waals surface area contributed by atoms with E-state index in [-0.39, 0.29) is 18.0 Å². The van der Waals surface area contributed by atoms with Crippen LogP contribution in [0.5, 0.6) is 0 Å². The van der Waals surface area contributed by atoms with Crippen LogP contribution in [0.3, 0.4) is 0 Å². The Labute approximate surface area is 102 Å². The molecule has 0 bridgehead atoms. The highest BCUT2D eigenvalue weighted by Gasteiger charge is 2.27. The number of nitrogens with zero attached hydrogens (tertiary/aromatic N) is 2. The van der Waals surface area contributed by atoms with Gasteiger partial charge in [0, 0.05) is 32.7 Å². The van der Waals surface area contributed by atoms with Gasteiger partial charge in [0.05, 0.1) is 7.11 Å². The summed E-state index contributed by atoms with van der Waals surface area (Å²) >= 11 is 0. The van der Waals surface area contributed by atoms with Crippen molar-refractivity contribution in [1.29, 1.82) is 0 Å². The van der Waals surface area contributed by atoms with Gasteiger partial charge in [-0.25, -0.2) is 4.79 Å². The lowest BCUT2D eigenvalue weighted by Crippen LogP contribution is -2.55. The third-order valence-electron chi connectivity index (χ3n) is 3.02. The molecule has 1 aliphatic rings. The van der Waals surface area contributed by atoms with Crippen LogP contribution >= 0.6 is 0 Å². The predicted octanol–water partition coefficient (Wildman–Crippen LogP) is -0.105. The van der Waals surface area contributed by atoms with E-state index in [1.165, 1.54) is 7.11 Å². The summed E-state index contributed by atoms with van der Waals surface area (Å²) in [6, 6.07) is -0.269. The van der Waals surface area contributed by atoms with E-state index in [0.717, 1.165) is 0 Å². The Hall–Kier alpha value is -1.30. The number of piperazine rings is 1. The number of carbonyl (C=O) groups excluding carboxylic acids is 2. The minimum Gasteiger partial charge on any atom is -0.468 e. The highest BCUT2D eigenvalue weighted by molar-refractivity contribution is 5.75. The molecule has 0 radical (unpaired) electrons. The second-order valence-electron chi connectivity index (χ2n) is 4.06. The van der Waals surface area contributed by atoms with Crippen LogP contribution in [0, 0.1) is 0 Å². The molecule has 1 aliphatic heterocycles. The highest BCUT2D eigenvalue weighted by Crippen LogP contribution is 2.07. The fourth-order valence-electron chi connectivity index (χ4n) is 1.89. The Bertz CT molecular complexity index is 275. The molecule has 0 aliphatic carbocycles. The third-order valence-corrected chi connectivity index (χ3v) is 3.02. The van der Waals surface area contributed by atoms with Gasteiger partial charge in [-0.1, -0.05) is 0 Å². The van der Waals surface area contributed by atoms with E-state index in [1.807, 2.05) is 18.7 Å². The highest BCUT2D eigenvalue weighted by atomic mass is 16.5. The van der Waals surface area contributed by atoms with Crippen molar-refractivity contribution in [3.8, 4) is 0 Å². The number of carbonyl (C=O) groups is 2. The number of hydrogen-bond acceptors (Lipinski definition) is 4. The molecule has 0 aromatic carbocycles. The average Bonchev–Trinajstić information content (AvgIpc) is 2.37. The van der Waals surface area contributed by atoms with Crippen LogP contribution in [0.25, 0.3) is 0 Å². The van der Waals surface area contributed by atoms with Gasteiger partial charge in [0.2, 0.25) is 0 Å². The van der Waals surface area contributed by atoms with Crippen molar-refractivity contribution in [1.82, 2.24) is 15.1 Å². The van der Waals surface area contributed by atoms with Crippen molar-refractivity contribution in [2.75, 3.05) is 39.8 Å². The van der Waals surface area contributed by atoms with E-state index in [1.54, 1.807) is 4.90 Å². The van der Waals surface area contributed by atoms with Crippen molar-refractivity contribution < 1.29 is 14.3 Å². The third kappa shape index (κ3) is 3.59. The van der Waals surface area contributed by atoms with Crippen molar-refractivity contribution in [2.24, 2.45) is 0 Å². The molecule has 1 heterocycles. The molecule has 0 aromatic heterocycles. The minimum atomic E-state index is -0.239. The second-order valence-corrected chi connectivity index (χ2v) is 4.06. The first-order chi connectivity index (χ1) is 8.10. The Balaban J connectivity index is 2.40. The molecule has 98 valence electrons. The van der Waals surface area contributed by atoms with Gasteiger partial charge < -0.3 is 15.0 Å². The molecule has 6 nitrogen and oxygen atoms in total. The van der Waals surface area contributed by atoms with Crippen molar-refractivity contribution >= 4 is 12.0 Å². The number of amides is 2. The number of nitrogens with one attached hydrogen (secondary N) is 1. The van der Waals surface area contributed by atoms with Crippen LogP contribution in [0.1, 0.15) is 13.8 Å². The predicted molar refractivity (Wildman–Crippen MR) is 63.7 cm³/mol. The monoisotopic (exact) mass is 243 g/mol. The topological polar surface area (TPSA) is 61.9 Å². The van der Waals surface area contributed by atoms with Gasteiger partial charge in [0.25, 0.3) is 0 Å². The molecular formula is C11H21N3O3. The van der Waals surface area contributed by atoms with Gasteiger partial charge in [0.15, 0.2) is 0 Å². The Morgan fingerprint density at radius 1 is 1.29 bits per heavy atom. The molecule has 0 spiro atoms. The maximum atomic E-state index is 11.6. The van der Waals surface area contributed by atoms with E-state index in [9.17, 15) is 9.59 Å². The number of urea groups is 1. The van der Waals surface area contributed by atoms with Crippen LogP contribution in [-0.4, -0.2) is 67.7 Å². The van der Waals surface area contributed by atoms with Gasteiger partial charge in [-0.05, 0) is 13.8 Å². The Morgan fingerprint density at radius 2 is 1.88 bits per heavy atom. The summed E-state index contributed by atoms with van der Waals surface area (Å²) in [7, 11) is 1.39. The summed E-state index contributed by atoms with van der Waals surface area (Å²) in [6.45, 7) is 7.06. The summed E-state index contributed by atoms with van der Waals surface area (Å²) in [5.41, 5.74) is 0.